The Bertz CT molecular complexity index is 844. The van der Waals surface area contributed by atoms with Crippen LogP contribution in [-0.2, 0) is 28.9 Å². The van der Waals surface area contributed by atoms with E-state index < -0.39 is 0 Å². The van der Waals surface area contributed by atoms with Gasteiger partial charge in [-0.25, -0.2) is 9.78 Å². The van der Waals surface area contributed by atoms with Crippen LogP contribution in [0.5, 0.6) is 0 Å². The minimum Gasteiger partial charge on any atom is -0.376 e. The van der Waals surface area contributed by atoms with E-state index in [0.29, 0.717) is 16.7 Å². The largest absolute Gasteiger partial charge is 0.376 e. The Morgan fingerprint density at radius 2 is 2.35 bits per heavy atom. The summed E-state index contributed by atoms with van der Waals surface area (Å²) in [5.41, 5.74) is 1.96. The summed E-state index contributed by atoms with van der Waals surface area (Å²) in [6.07, 6.45) is 6.62. The number of nitrogens with one attached hydrogen (secondary N) is 1. The maximum Gasteiger partial charge on any atom is 0.348 e. The SMILES string of the molecule is O=C(CSc1nc(=O)n(C[C@@H]2CCCO2)c2c1CCC2)Nc1nccs1. The first kappa shape index (κ1) is 17.7. The molecule has 1 aliphatic heterocycles. The monoisotopic (exact) mass is 392 g/mol. The molecule has 4 rings (SSSR count). The summed E-state index contributed by atoms with van der Waals surface area (Å²) in [7, 11) is 0. The van der Waals surface area contributed by atoms with Crippen molar-refractivity contribution in [3.05, 3.63) is 33.3 Å². The van der Waals surface area contributed by atoms with Crippen LogP contribution in [0.2, 0.25) is 0 Å². The third kappa shape index (κ3) is 3.84. The molecule has 1 saturated heterocycles. The van der Waals surface area contributed by atoms with Crippen LogP contribution in [0.3, 0.4) is 0 Å². The van der Waals surface area contributed by atoms with Crippen molar-refractivity contribution in [2.24, 2.45) is 0 Å². The summed E-state index contributed by atoms with van der Waals surface area (Å²) >= 11 is 2.71. The molecule has 1 fully saturated rings. The lowest BCUT2D eigenvalue weighted by molar-refractivity contribution is -0.113. The fourth-order valence-corrected chi connectivity index (χ4v) is 4.88. The predicted octanol–water partition coefficient (Wildman–Crippen LogP) is 2.10. The number of ether oxygens (including phenoxy) is 1. The van der Waals surface area contributed by atoms with Crippen LogP contribution in [0.4, 0.5) is 5.13 Å². The lowest BCUT2D eigenvalue weighted by Gasteiger charge is -2.17. The Morgan fingerprint density at radius 3 is 3.12 bits per heavy atom. The standard InChI is InChI=1S/C17H20N4O3S2/c22-14(19-16-18-6-8-25-16)10-26-15-12-4-1-5-13(12)21(17(23)20-15)9-11-3-2-7-24-11/h6,8,11H,1-5,7,9-10H2,(H,18,19,22)/t11-/m0/s1. The van der Waals surface area contributed by atoms with Gasteiger partial charge in [-0.05, 0) is 32.1 Å². The Hall–Kier alpha value is -1.71. The number of fused-ring (bicyclic) bond motifs is 1. The second-order valence-corrected chi connectivity index (χ2v) is 8.26. The third-order valence-corrected chi connectivity index (χ3v) is 6.34. The van der Waals surface area contributed by atoms with Gasteiger partial charge >= 0.3 is 5.69 Å². The smallest absolute Gasteiger partial charge is 0.348 e. The van der Waals surface area contributed by atoms with E-state index in [-0.39, 0.29) is 23.5 Å². The summed E-state index contributed by atoms with van der Waals surface area (Å²) in [6.45, 7) is 1.36. The number of hydrogen-bond acceptors (Lipinski definition) is 7. The highest BCUT2D eigenvalue weighted by Crippen LogP contribution is 2.30. The molecule has 1 N–H and O–H groups in total. The Kier molecular flexibility index (Phi) is 5.37. The number of thioether (sulfide) groups is 1. The summed E-state index contributed by atoms with van der Waals surface area (Å²) in [6, 6.07) is 0. The molecule has 26 heavy (non-hydrogen) atoms. The molecule has 1 atom stereocenters. The first-order chi connectivity index (χ1) is 12.7. The van der Waals surface area contributed by atoms with Gasteiger partial charge in [0, 0.05) is 29.4 Å². The minimum absolute atomic E-state index is 0.113. The topological polar surface area (TPSA) is 86.1 Å². The van der Waals surface area contributed by atoms with Crippen molar-refractivity contribution in [1.29, 1.82) is 0 Å². The molecule has 0 saturated carbocycles. The van der Waals surface area contributed by atoms with Gasteiger partial charge in [0.25, 0.3) is 0 Å². The average molecular weight is 393 g/mol. The van der Waals surface area contributed by atoms with Crippen LogP contribution in [0.15, 0.2) is 21.4 Å². The Balaban J connectivity index is 1.48. The van der Waals surface area contributed by atoms with Crippen molar-refractivity contribution < 1.29 is 9.53 Å². The highest BCUT2D eigenvalue weighted by molar-refractivity contribution is 8.00. The van der Waals surface area contributed by atoms with Crippen molar-refractivity contribution >= 4 is 34.1 Å². The molecule has 0 aromatic carbocycles. The molecular formula is C17H20N4O3S2. The number of carbonyl (C=O) groups excluding carboxylic acids is 1. The average Bonchev–Trinajstić information content (AvgIpc) is 3.37. The molecule has 2 aliphatic rings. The van der Waals surface area contributed by atoms with E-state index in [0.717, 1.165) is 50.0 Å². The molecule has 0 spiro atoms. The first-order valence-electron chi connectivity index (χ1n) is 8.77. The van der Waals surface area contributed by atoms with Gasteiger partial charge in [-0.15, -0.1) is 11.3 Å². The second-order valence-electron chi connectivity index (χ2n) is 6.40. The summed E-state index contributed by atoms with van der Waals surface area (Å²) in [5.74, 6) is 0.0795. The highest BCUT2D eigenvalue weighted by Gasteiger charge is 2.25. The van der Waals surface area contributed by atoms with Gasteiger partial charge in [0.15, 0.2) is 5.13 Å². The van der Waals surface area contributed by atoms with Gasteiger partial charge in [-0.1, -0.05) is 11.8 Å². The molecule has 9 heteroatoms. The van der Waals surface area contributed by atoms with Gasteiger partial charge in [0.1, 0.15) is 5.03 Å². The number of rotatable bonds is 6. The second kappa shape index (κ2) is 7.89. The van der Waals surface area contributed by atoms with Crippen LogP contribution in [-0.4, -0.2) is 38.9 Å². The number of hydrogen-bond donors (Lipinski definition) is 1. The molecule has 0 radical (unpaired) electrons. The fourth-order valence-electron chi connectivity index (χ4n) is 3.46. The van der Waals surface area contributed by atoms with Crippen LogP contribution in [0.25, 0.3) is 0 Å². The molecule has 1 amide bonds. The zero-order valence-electron chi connectivity index (χ0n) is 14.3. The van der Waals surface area contributed by atoms with E-state index in [4.69, 9.17) is 4.74 Å². The minimum atomic E-state index is -0.232. The number of nitrogens with zero attached hydrogens (tertiary/aromatic N) is 3. The van der Waals surface area contributed by atoms with Crippen LogP contribution < -0.4 is 11.0 Å². The van der Waals surface area contributed by atoms with Crippen molar-refractivity contribution in [2.45, 2.75) is 49.8 Å². The molecule has 2 aromatic heterocycles. The predicted molar refractivity (Wildman–Crippen MR) is 101 cm³/mol. The molecule has 7 nitrogen and oxygen atoms in total. The van der Waals surface area contributed by atoms with Gasteiger partial charge < -0.3 is 10.1 Å². The quantitative estimate of drug-likeness (QED) is 0.598. The number of aromatic nitrogens is 3. The number of carbonyl (C=O) groups is 1. The van der Waals surface area contributed by atoms with Crippen molar-refractivity contribution in [3.63, 3.8) is 0 Å². The number of thiazole rings is 1. The van der Waals surface area contributed by atoms with Crippen LogP contribution >= 0.6 is 23.1 Å². The summed E-state index contributed by atoms with van der Waals surface area (Å²) in [5, 5.41) is 5.84. The molecule has 2 aromatic rings. The lowest BCUT2D eigenvalue weighted by Crippen LogP contribution is -2.31. The van der Waals surface area contributed by atoms with Gasteiger partial charge in [-0.3, -0.25) is 9.36 Å². The van der Waals surface area contributed by atoms with Gasteiger partial charge in [0.05, 0.1) is 18.4 Å². The molecular weight excluding hydrogens is 372 g/mol. The van der Waals surface area contributed by atoms with Gasteiger partial charge in [0.2, 0.25) is 5.91 Å². The molecule has 0 bridgehead atoms. The lowest BCUT2D eigenvalue weighted by atomic mass is 10.2. The van der Waals surface area contributed by atoms with Crippen molar-refractivity contribution in [2.75, 3.05) is 17.7 Å². The van der Waals surface area contributed by atoms with E-state index in [1.54, 1.807) is 10.8 Å². The summed E-state index contributed by atoms with van der Waals surface area (Å²) in [4.78, 5) is 33.0. The van der Waals surface area contributed by atoms with Gasteiger partial charge in [-0.2, -0.15) is 4.98 Å². The number of anilines is 1. The maximum absolute atomic E-state index is 12.6. The van der Waals surface area contributed by atoms with E-state index in [1.807, 2.05) is 5.38 Å². The Morgan fingerprint density at radius 1 is 1.42 bits per heavy atom. The van der Waals surface area contributed by atoms with Crippen LogP contribution in [0, 0.1) is 0 Å². The molecule has 1 aliphatic carbocycles. The van der Waals surface area contributed by atoms with E-state index >= 15 is 0 Å². The first-order valence-corrected chi connectivity index (χ1v) is 10.6. The third-order valence-electron chi connectivity index (χ3n) is 4.63. The molecule has 138 valence electrons. The molecule has 0 unspecified atom stereocenters. The van der Waals surface area contributed by atoms with Crippen LogP contribution in [0.1, 0.15) is 30.5 Å². The summed E-state index contributed by atoms with van der Waals surface area (Å²) < 4.78 is 7.47. The maximum atomic E-state index is 12.6. The number of amides is 1. The zero-order valence-corrected chi connectivity index (χ0v) is 15.9. The highest BCUT2D eigenvalue weighted by atomic mass is 32.2. The van der Waals surface area contributed by atoms with E-state index in [2.05, 4.69) is 15.3 Å². The van der Waals surface area contributed by atoms with Crippen molar-refractivity contribution in [3.8, 4) is 0 Å². The molecule has 3 heterocycles. The van der Waals surface area contributed by atoms with Crippen molar-refractivity contribution in [1.82, 2.24) is 14.5 Å². The van der Waals surface area contributed by atoms with E-state index in [1.165, 1.54) is 23.1 Å². The zero-order chi connectivity index (χ0) is 17.9. The Labute approximate surface area is 159 Å². The fraction of sp³-hybridized carbons (Fsp3) is 0.529. The normalized spacial score (nSPS) is 18.8. The van der Waals surface area contributed by atoms with E-state index in [9.17, 15) is 9.59 Å².